The number of nitrogens with zero attached hydrogens (tertiary/aromatic N) is 4. The molecule has 2 aromatic rings. The summed E-state index contributed by atoms with van der Waals surface area (Å²) < 4.78 is 1.75. The number of anilines is 1. The Bertz CT molecular complexity index is 611. The van der Waals surface area contributed by atoms with E-state index in [-0.39, 0.29) is 0 Å². The van der Waals surface area contributed by atoms with Crippen LogP contribution in [0.15, 0.2) is 18.3 Å². The molecule has 2 heterocycles. The van der Waals surface area contributed by atoms with Gasteiger partial charge in [-0.3, -0.25) is 0 Å². The first kappa shape index (κ1) is 14.6. The van der Waals surface area contributed by atoms with Gasteiger partial charge in [0.1, 0.15) is 0 Å². The Hall–Kier alpha value is -1.33. The fourth-order valence-corrected chi connectivity index (χ4v) is 3.52. The van der Waals surface area contributed by atoms with Crippen LogP contribution in [0.3, 0.4) is 0 Å². The first-order valence-electron chi connectivity index (χ1n) is 7.71. The maximum atomic E-state index is 6.02. The second kappa shape index (κ2) is 6.20. The van der Waals surface area contributed by atoms with E-state index in [1.807, 2.05) is 12.1 Å². The molecule has 2 N–H and O–H groups in total. The van der Waals surface area contributed by atoms with E-state index in [0.717, 1.165) is 24.7 Å². The van der Waals surface area contributed by atoms with Crippen molar-refractivity contribution in [2.75, 3.05) is 18.0 Å². The average molecular weight is 308 g/mol. The lowest BCUT2D eigenvalue weighted by molar-refractivity contribution is 0.298. The van der Waals surface area contributed by atoms with Crippen LogP contribution in [0, 0.1) is 5.92 Å². The minimum absolute atomic E-state index is 0.446. The topological polar surface area (TPSA) is 59.5 Å². The van der Waals surface area contributed by atoms with E-state index in [4.69, 9.17) is 17.3 Å². The highest BCUT2D eigenvalue weighted by molar-refractivity contribution is 6.30. The van der Waals surface area contributed by atoms with Crippen LogP contribution in [0.4, 0.5) is 5.95 Å². The van der Waals surface area contributed by atoms with Crippen molar-refractivity contribution < 1.29 is 0 Å². The SMILES string of the molecule is CCN(c1nc2ccc(Cl)cn2n1)C1CCCCC1CN. The molecular formula is C15H22ClN5. The van der Waals surface area contributed by atoms with Crippen molar-refractivity contribution in [1.82, 2.24) is 14.6 Å². The Kier molecular flexibility index (Phi) is 4.31. The third-order valence-electron chi connectivity index (χ3n) is 4.45. The van der Waals surface area contributed by atoms with Crippen LogP contribution in [-0.4, -0.2) is 33.7 Å². The van der Waals surface area contributed by atoms with Gasteiger partial charge in [0.05, 0.1) is 5.02 Å². The third kappa shape index (κ3) is 2.85. The monoisotopic (exact) mass is 307 g/mol. The number of halogens is 1. The van der Waals surface area contributed by atoms with Crippen molar-refractivity contribution in [3.63, 3.8) is 0 Å². The molecule has 1 saturated carbocycles. The predicted molar refractivity (Wildman–Crippen MR) is 85.8 cm³/mol. The molecule has 2 unspecified atom stereocenters. The summed E-state index contributed by atoms with van der Waals surface area (Å²) in [7, 11) is 0. The minimum atomic E-state index is 0.446. The molecule has 0 bridgehead atoms. The molecule has 2 aromatic heterocycles. The van der Waals surface area contributed by atoms with Crippen molar-refractivity contribution in [1.29, 1.82) is 0 Å². The van der Waals surface area contributed by atoms with Crippen LogP contribution in [0.1, 0.15) is 32.6 Å². The Morgan fingerprint density at radius 3 is 2.95 bits per heavy atom. The second-order valence-electron chi connectivity index (χ2n) is 5.70. The van der Waals surface area contributed by atoms with Crippen LogP contribution in [-0.2, 0) is 0 Å². The zero-order valence-electron chi connectivity index (χ0n) is 12.4. The fraction of sp³-hybridized carbons (Fsp3) is 0.600. The van der Waals surface area contributed by atoms with Gasteiger partial charge in [0.2, 0.25) is 5.95 Å². The molecule has 1 fully saturated rings. The van der Waals surface area contributed by atoms with Gasteiger partial charge >= 0.3 is 0 Å². The molecule has 0 saturated heterocycles. The van der Waals surface area contributed by atoms with Gasteiger partial charge in [0.25, 0.3) is 0 Å². The van der Waals surface area contributed by atoms with Gasteiger partial charge in [-0.15, -0.1) is 5.10 Å². The smallest absolute Gasteiger partial charge is 0.245 e. The first-order chi connectivity index (χ1) is 10.2. The molecule has 1 aliphatic rings. The maximum absolute atomic E-state index is 6.02. The van der Waals surface area contributed by atoms with Gasteiger partial charge < -0.3 is 10.6 Å². The van der Waals surface area contributed by atoms with Crippen molar-refractivity contribution in [2.45, 2.75) is 38.6 Å². The summed E-state index contributed by atoms with van der Waals surface area (Å²) in [5, 5.41) is 5.26. The normalized spacial score (nSPS) is 22.6. The first-order valence-corrected chi connectivity index (χ1v) is 8.09. The van der Waals surface area contributed by atoms with Crippen LogP contribution < -0.4 is 10.6 Å². The largest absolute Gasteiger partial charge is 0.336 e. The second-order valence-corrected chi connectivity index (χ2v) is 6.13. The van der Waals surface area contributed by atoms with Crippen LogP contribution in [0.25, 0.3) is 5.65 Å². The summed E-state index contributed by atoms with van der Waals surface area (Å²) in [6.45, 7) is 3.78. The number of rotatable bonds is 4. The molecule has 3 rings (SSSR count). The van der Waals surface area contributed by atoms with Gasteiger partial charge in [-0.1, -0.05) is 24.4 Å². The molecular weight excluding hydrogens is 286 g/mol. The Morgan fingerprint density at radius 1 is 1.38 bits per heavy atom. The fourth-order valence-electron chi connectivity index (χ4n) is 3.37. The van der Waals surface area contributed by atoms with Gasteiger partial charge in [-0.05, 0) is 44.4 Å². The molecule has 0 radical (unpaired) electrons. The molecule has 5 nitrogen and oxygen atoms in total. The van der Waals surface area contributed by atoms with E-state index in [9.17, 15) is 0 Å². The molecule has 0 amide bonds. The molecule has 1 aliphatic carbocycles. The van der Waals surface area contributed by atoms with Crippen LogP contribution in [0.5, 0.6) is 0 Å². The zero-order valence-corrected chi connectivity index (χ0v) is 13.1. The molecule has 21 heavy (non-hydrogen) atoms. The van der Waals surface area contributed by atoms with E-state index < -0.39 is 0 Å². The van der Waals surface area contributed by atoms with E-state index in [0.29, 0.717) is 17.0 Å². The Morgan fingerprint density at radius 2 is 2.19 bits per heavy atom. The van der Waals surface area contributed by atoms with Crippen LogP contribution in [0.2, 0.25) is 5.02 Å². The Balaban J connectivity index is 1.93. The summed E-state index contributed by atoms with van der Waals surface area (Å²) in [6, 6.07) is 4.18. The summed E-state index contributed by atoms with van der Waals surface area (Å²) >= 11 is 6.02. The van der Waals surface area contributed by atoms with Crippen LogP contribution >= 0.6 is 11.6 Å². The highest BCUT2D eigenvalue weighted by Gasteiger charge is 2.30. The quantitative estimate of drug-likeness (QED) is 0.943. The minimum Gasteiger partial charge on any atom is -0.336 e. The van der Waals surface area contributed by atoms with Gasteiger partial charge in [-0.2, -0.15) is 4.98 Å². The molecule has 2 atom stereocenters. The summed E-state index contributed by atoms with van der Waals surface area (Å²) in [5.41, 5.74) is 6.80. The molecule has 0 spiro atoms. The Labute approximate surface area is 130 Å². The molecule has 114 valence electrons. The molecule has 0 aliphatic heterocycles. The van der Waals surface area contributed by atoms with E-state index in [2.05, 4.69) is 21.9 Å². The molecule has 6 heteroatoms. The van der Waals surface area contributed by atoms with E-state index in [1.54, 1.807) is 10.7 Å². The van der Waals surface area contributed by atoms with Crippen molar-refractivity contribution in [3.05, 3.63) is 23.4 Å². The van der Waals surface area contributed by atoms with Crippen molar-refractivity contribution in [2.24, 2.45) is 11.7 Å². The number of nitrogens with two attached hydrogens (primary N) is 1. The van der Waals surface area contributed by atoms with Gasteiger partial charge in [-0.25, -0.2) is 4.52 Å². The highest BCUT2D eigenvalue weighted by atomic mass is 35.5. The average Bonchev–Trinajstić information content (AvgIpc) is 2.91. The molecule has 0 aromatic carbocycles. The summed E-state index contributed by atoms with van der Waals surface area (Å²) in [6.07, 6.45) is 6.71. The highest BCUT2D eigenvalue weighted by Crippen LogP contribution is 2.30. The van der Waals surface area contributed by atoms with E-state index in [1.165, 1.54) is 25.7 Å². The number of hydrogen-bond donors (Lipinski definition) is 1. The number of aromatic nitrogens is 3. The lowest BCUT2D eigenvalue weighted by atomic mass is 9.83. The maximum Gasteiger partial charge on any atom is 0.245 e. The lowest BCUT2D eigenvalue weighted by Crippen LogP contribution is -2.45. The van der Waals surface area contributed by atoms with Crippen molar-refractivity contribution in [3.8, 4) is 0 Å². The standard InChI is InChI=1S/C15H22ClN5/c1-2-20(13-6-4-3-5-11(13)9-17)15-18-14-8-7-12(16)10-21(14)19-15/h7-8,10-11,13H,2-6,9,17H2,1H3. The summed E-state index contributed by atoms with van der Waals surface area (Å²) in [4.78, 5) is 6.95. The lowest BCUT2D eigenvalue weighted by Gasteiger charge is -2.38. The van der Waals surface area contributed by atoms with Crippen molar-refractivity contribution >= 4 is 23.2 Å². The predicted octanol–water partition coefficient (Wildman–Crippen LogP) is 2.73. The van der Waals surface area contributed by atoms with E-state index >= 15 is 0 Å². The van der Waals surface area contributed by atoms with Gasteiger partial charge in [0.15, 0.2) is 5.65 Å². The zero-order chi connectivity index (χ0) is 14.8. The summed E-state index contributed by atoms with van der Waals surface area (Å²) in [5.74, 6) is 1.32. The number of pyridine rings is 1. The number of hydrogen-bond acceptors (Lipinski definition) is 4. The van der Waals surface area contributed by atoms with Gasteiger partial charge in [0, 0.05) is 18.8 Å². The third-order valence-corrected chi connectivity index (χ3v) is 4.68. The number of fused-ring (bicyclic) bond motifs is 1.